The Morgan fingerprint density at radius 1 is 1.22 bits per heavy atom. The summed E-state index contributed by atoms with van der Waals surface area (Å²) in [6.07, 6.45) is 1.79. The van der Waals surface area contributed by atoms with Crippen LogP contribution in [-0.2, 0) is 0 Å². The summed E-state index contributed by atoms with van der Waals surface area (Å²) in [7, 11) is 0. The lowest BCUT2D eigenvalue weighted by Crippen LogP contribution is -1.89. The van der Waals surface area contributed by atoms with Gasteiger partial charge in [-0.1, -0.05) is 0 Å². The van der Waals surface area contributed by atoms with Crippen molar-refractivity contribution in [1.29, 1.82) is 0 Å². The van der Waals surface area contributed by atoms with E-state index >= 15 is 0 Å². The van der Waals surface area contributed by atoms with E-state index in [0.717, 1.165) is 25.5 Å². The van der Waals surface area contributed by atoms with Gasteiger partial charge in [-0.3, -0.25) is 4.98 Å². The first-order chi connectivity index (χ1) is 8.63. The molecule has 0 aromatic carbocycles. The standard InChI is InChI=1S/C13H9NO2S2/c1-7-4-8(2-3-14-7)9-5-10-11(17-9)6-12(18-10)13(15)16/h2-6H,1H3,(H,15,16). The number of fused-ring (bicyclic) bond motifs is 1. The lowest BCUT2D eigenvalue weighted by Gasteiger charge is -1.97. The number of carbonyl (C=O) groups is 1. The molecular formula is C13H9NO2S2. The molecule has 0 aliphatic carbocycles. The van der Waals surface area contributed by atoms with E-state index in [0.29, 0.717) is 4.88 Å². The molecule has 18 heavy (non-hydrogen) atoms. The molecule has 0 saturated heterocycles. The van der Waals surface area contributed by atoms with Crippen LogP contribution in [0.15, 0.2) is 30.5 Å². The summed E-state index contributed by atoms with van der Waals surface area (Å²) in [4.78, 5) is 16.6. The van der Waals surface area contributed by atoms with Crippen LogP contribution in [0.4, 0.5) is 0 Å². The Morgan fingerprint density at radius 2 is 2.00 bits per heavy atom. The first-order valence-corrected chi connectivity index (χ1v) is 6.96. The summed E-state index contributed by atoms with van der Waals surface area (Å²) in [6, 6.07) is 7.80. The van der Waals surface area contributed by atoms with Gasteiger partial charge in [-0.2, -0.15) is 0 Å². The van der Waals surface area contributed by atoms with Gasteiger partial charge in [0.15, 0.2) is 0 Å². The number of hydrogen-bond donors (Lipinski definition) is 1. The molecule has 0 radical (unpaired) electrons. The van der Waals surface area contributed by atoms with Crippen LogP contribution in [0.2, 0.25) is 0 Å². The maximum atomic E-state index is 10.9. The van der Waals surface area contributed by atoms with E-state index < -0.39 is 5.97 Å². The lowest BCUT2D eigenvalue weighted by molar-refractivity contribution is 0.0702. The monoisotopic (exact) mass is 275 g/mol. The number of pyridine rings is 1. The normalized spacial score (nSPS) is 10.9. The Bertz CT molecular complexity index is 711. The molecule has 0 spiro atoms. The van der Waals surface area contributed by atoms with Crippen LogP contribution < -0.4 is 0 Å². The van der Waals surface area contributed by atoms with Crippen LogP contribution in [0.3, 0.4) is 0 Å². The SMILES string of the molecule is Cc1cc(-c2cc3sc(C(=O)O)cc3s2)ccn1. The Kier molecular flexibility index (Phi) is 2.65. The molecule has 3 heterocycles. The average molecular weight is 275 g/mol. The number of aromatic nitrogens is 1. The van der Waals surface area contributed by atoms with Crippen molar-refractivity contribution < 1.29 is 9.90 Å². The first-order valence-electron chi connectivity index (χ1n) is 5.33. The van der Waals surface area contributed by atoms with E-state index in [1.807, 2.05) is 25.1 Å². The highest BCUT2D eigenvalue weighted by Crippen LogP contribution is 2.38. The number of thiophene rings is 2. The zero-order valence-corrected chi connectivity index (χ0v) is 11.1. The molecule has 5 heteroatoms. The molecule has 3 nitrogen and oxygen atoms in total. The van der Waals surface area contributed by atoms with Crippen molar-refractivity contribution in [3.63, 3.8) is 0 Å². The molecule has 0 bridgehead atoms. The van der Waals surface area contributed by atoms with Crippen LogP contribution in [-0.4, -0.2) is 16.1 Å². The van der Waals surface area contributed by atoms with Gasteiger partial charge in [-0.25, -0.2) is 4.79 Å². The predicted octanol–water partition coefficient (Wildman–Crippen LogP) is 4.03. The quantitative estimate of drug-likeness (QED) is 0.768. The van der Waals surface area contributed by atoms with Gasteiger partial charge in [0.1, 0.15) is 4.88 Å². The van der Waals surface area contributed by atoms with Crippen LogP contribution in [0.1, 0.15) is 15.4 Å². The fraction of sp³-hybridized carbons (Fsp3) is 0.0769. The van der Waals surface area contributed by atoms with Gasteiger partial charge in [0.05, 0.1) is 0 Å². The van der Waals surface area contributed by atoms with Gasteiger partial charge in [0.2, 0.25) is 0 Å². The van der Waals surface area contributed by atoms with Crippen molar-refractivity contribution in [2.45, 2.75) is 6.92 Å². The second-order valence-electron chi connectivity index (χ2n) is 3.94. The summed E-state index contributed by atoms with van der Waals surface area (Å²) in [5.74, 6) is -0.857. The van der Waals surface area contributed by atoms with E-state index in [1.54, 1.807) is 23.6 Å². The minimum absolute atomic E-state index is 0.397. The molecule has 3 aromatic rings. The summed E-state index contributed by atoms with van der Waals surface area (Å²) in [5.41, 5.74) is 2.11. The maximum absolute atomic E-state index is 10.9. The number of carboxylic acids is 1. The minimum atomic E-state index is -0.857. The summed E-state index contributed by atoms with van der Waals surface area (Å²) < 4.78 is 2.06. The van der Waals surface area contributed by atoms with Gasteiger partial charge in [-0.15, -0.1) is 22.7 Å². The summed E-state index contributed by atoms with van der Waals surface area (Å²) in [5, 5.41) is 8.93. The van der Waals surface area contributed by atoms with Crippen molar-refractivity contribution in [2.75, 3.05) is 0 Å². The highest BCUT2D eigenvalue weighted by Gasteiger charge is 2.12. The van der Waals surface area contributed by atoms with Crippen molar-refractivity contribution in [1.82, 2.24) is 4.98 Å². The summed E-state index contributed by atoms with van der Waals surface area (Å²) >= 11 is 2.94. The smallest absolute Gasteiger partial charge is 0.345 e. The van der Waals surface area contributed by atoms with Gasteiger partial charge in [-0.05, 0) is 36.8 Å². The molecule has 90 valence electrons. The number of rotatable bonds is 2. The molecular weight excluding hydrogens is 266 g/mol. The maximum Gasteiger partial charge on any atom is 0.345 e. The fourth-order valence-electron chi connectivity index (χ4n) is 1.78. The molecule has 0 aliphatic heterocycles. The molecule has 0 atom stereocenters. The zero-order valence-electron chi connectivity index (χ0n) is 9.51. The number of carboxylic acid groups (broad SMARTS) is 1. The van der Waals surface area contributed by atoms with Gasteiger partial charge in [0, 0.05) is 26.2 Å². The van der Waals surface area contributed by atoms with E-state index in [2.05, 4.69) is 4.98 Å². The van der Waals surface area contributed by atoms with Crippen molar-refractivity contribution in [3.05, 3.63) is 41.0 Å². The molecule has 0 saturated carbocycles. The van der Waals surface area contributed by atoms with Crippen molar-refractivity contribution in [2.24, 2.45) is 0 Å². The molecule has 3 aromatic heterocycles. The second-order valence-corrected chi connectivity index (χ2v) is 6.11. The lowest BCUT2D eigenvalue weighted by atomic mass is 10.2. The number of aromatic carboxylic acids is 1. The van der Waals surface area contributed by atoms with Crippen LogP contribution in [0.5, 0.6) is 0 Å². The van der Waals surface area contributed by atoms with E-state index in [9.17, 15) is 4.79 Å². The molecule has 0 unspecified atom stereocenters. The largest absolute Gasteiger partial charge is 0.477 e. The Balaban J connectivity index is 2.09. The van der Waals surface area contributed by atoms with Crippen LogP contribution in [0, 0.1) is 6.92 Å². The van der Waals surface area contributed by atoms with Gasteiger partial charge < -0.3 is 5.11 Å². The van der Waals surface area contributed by atoms with Crippen LogP contribution >= 0.6 is 22.7 Å². The van der Waals surface area contributed by atoms with E-state index in [4.69, 9.17) is 5.11 Å². The average Bonchev–Trinajstić information content (AvgIpc) is 2.86. The van der Waals surface area contributed by atoms with Crippen molar-refractivity contribution in [3.8, 4) is 10.4 Å². The Morgan fingerprint density at radius 3 is 2.67 bits per heavy atom. The highest BCUT2D eigenvalue weighted by atomic mass is 32.1. The Hall–Kier alpha value is -1.72. The van der Waals surface area contributed by atoms with E-state index in [1.165, 1.54) is 11.3 Å². The fourth-order valence-corrected chi connectivity index (χ4v) is 4.01. The molecule has 0 fully saturated rings. The molecule has 3 rings (SSSR count). The first kappa shape index (κ1) is 11.4. The third-order valence-electron chi connectivity index (χ3n) is 2.60. The topological polar surface area (TPSA) is 50.2 Å². The van der Waals surface area contributed by atoms with Crippen LogP contribution in [0.25, 0.3) is 19.8 Å². The van der Waals surface area contributed by atoms with Gasteiger partial charge >= 0.3 is 5.97 Å². The second kappa shape index (κ2) is 4.19. The molecule has 0 aliphatic rings. The minimum Gasteiger partial charge on any atom is -0.477 e. The zero-order chi connectivity index (χ0) is 12.7. The number of nitrogens with zero attached hydrogens (tertiary/aromatic N) is 1. The van der Waals surface area contributed by atoms with Gasteiger partial charge in [0.25, 0.3) is 0 Å². The third-order valence-corrected chi connectivity index (χ3v) is 4.93. The molecule has 0 amide bonds. The number of aryl methyl sites for hydroxylation is 1. The predicted molar refractivity (Wildman–Crippen MR) is 74.6 cm³/mol. The molecule has 1 N–H and O–H groups in total. The Labute approximate surface area is 111 Å². The third kappa shape index (κ3) is 1.91. The van der Waals surface area contributed by atoms with Crippen molar-refractivity contribution >= 4 is 38.0 Å². The summed E-state index contributed by atoms with van der Waals surface area (Å²) in [6.45, 7) is 1.96. The number of hydrogen-bond acceptors (Lipinski definition) is 4. The van der Waals surface area contributed by atoms with E-state index in [-0.39, 0.29) is 0 Å². The highest BCUT2D eigenvalue weighted by molar-refractivity contribution is 7.30.